The number of piperidine rings is 1. The molecule has 2 bridgehead atoms. The van der Waals surface area contributed by atoms with Crippen molar-refractivity contribution in [3.63, 3.8) is 0 Å². The fraction of sp³-hybridized carbons (Fsp3) is 0.548. The van der Waals surface area contributed by atoms with Crippen LogP contribution in [-0.4, -0.2) is 73.7 Å². The van der Waals surface area contributed by atoms with Gasteiger partial charge in [0.2, 0.25) is 0 Å². The Balaban J connectivity index is 1.20. The maximum absolute atomic E-state index is 13.2. The van der Waals surface area contributed by atoms with Gasteiger partial charge in [-0.3, -0.25) is 9.59 Å². The molecule has 41 heavy (non-hydrogen) atoms. The molecule has 1 spiro atoms. The third-order valence-electron chi connectivity index (χ3n) is 8.52. The highest BCUT2D eigenvalue weighted by molar-refractivity contribution is 5.95. The van der Waals surface area contributed by atoms with Crippen molar-refractivity contribution in [3.8, 4) is 11.5 Å². The average molecular weight is 575 g/mol. The fourth-order valence-electron chi connectivity index (χ4n) is 6.02. The SMILES string of the molecule is O=C(COc1cccc(C(F)(F)F)c1)N1CCC2(CCCCOC[C@@H]3CCCN3C(=O)c3cccc(c3)OC2)CC1. The Hall–Kier alpha value is -3.27. The second-order valence-electron chi connectivity index (χ2n) is 11.3. The fourth-order valence-corrected chi connectivity index (χ4v) is 6.02. The van der Waals surface area contributed by atoms with E-state index in [1.807, 2.05) is 29.2 Å². The molecule has 2 saturated heterocycles. The third-order valence-corrected chi connectivity index (χ3v) is 8.52. The molecule has 0 aromatic heterocycles. The molecule has 2 aromatic carbocycles. The van der Waals surface area contributed by atoms with E-state index in [2.05, 4.69) is 0 Å². The van der Waals surface area contributed by atoms with Crippen LogP contribution in [0, 0.1) is 5.41 Å². The number of carbonyl (C=O) groups excluding carboxylic acids is 2. The lowest BCUT2D eigenvalue weighted by atomic mass is 9.75. The smallest absolute Gasteiger partial charge is 0.416 e. The van der Waals surface area contributed by atoms with Gasteiger partial charge < -0.3 is 24.0 Å². The van der Waals surface area contributed by atoms with Gasteiger partial charge in [0.05, 0.1) is 24.8 Å². The van der Waals surface area contributed by atoms with Crippen molar-refractivity contribution in [2.75, 3.05) is 46.1 Å². The molecule has 5 rings (SSSR count). The predicted octanol–water partition coefficient (Wildman–Crippen LogP) is 5.58. The summed E-state index contributed by atoms with van der Waals surface area (Å²) < 4.78 is 56.7. The number of alkyl halides is 3. The minimum atomic E-state index is -4.47. The van der Waals surface area contributed by atoms with Crippen LogP contribution in [-0.2, 0) is 15.7 Å². The molecule has 3 aliphatic heterocycles. The van der Waals surface area contributed by atoms with E-state index in [-0.39, 0.29) is 35.6 Å². The number of carbonyl (C=O) groups is 2. The van der Waals surface area contributed by atoms with Crippen LogP contribution in [0.2, 0.25) is 0 Å². The Bertz CT molecular complexity index is 1210. The van der Waals surface area contributed by atoms with E-state index in [1.165, 1.54) is 12.1 Å². The normalized spacial score (nSPS) is 21.9. The number of rotatable bonds is 3. The molecule has 222 valence electrons. The van der Waals surface area contributed by atoms with E-state index < -0.39 is 11.7 Å². The minimum Gasteiger partial charge on any atom is -0.493 e. The molecule has 3 heterocycles. The highest BCUT2D eigenvalue weighted by Crippen LogP contribution is 2.38. The zero-order valence-electron chi connectivity index (χ0n) is 23.2. The molecule has 0 N–H and O–H groups in total. The number of likely N-dealkylation sites (tertiary alicyclic amines) is 1. The van der Waals surface area contributed by atoms with E-state index in [4.69, 9.17) is 14.2 Å². The van der Waals surface area contributed by atoms with Crippen molar-refractivity contribution in [1.82, 2.24) is 9.80 Å². The zero-order valence-corrected chi connectivity index (χ0v) is 23.2. The number of amides is 2. The molecular formula is C31H37F3N2O5. The topological polar surface area (TPSA) is 68.3 Å². The maximum Gasteiger partial charge on any atom is 0.416 e. The van der Waals surface area contributed by atoms with Gasteiger partial charge in [0.25, 0.3) is 11.8 Å². The Morgan fingerprint density at radius 1 is 1.00 bits per heavy atom. The van der Waals surface area contributed by atoms with Crippen molar-refractivity contribution in [2.45, 2.75) is 57.2 Å². The highest BCUT2D eigenvalue weighted by Gasteiger charge is 2.37. The van der Waals surface area contributed by atoms with Crippen LogP contribution in [0.3, 0.4) is 0 Å². The lowest BCUT2D eigenvalue weighted by Gasteiger charge is -2.41. The summed E-state index contributed by atoms with van der Waals surface area (Å²) in [6.07, 6.45) is 1.72. The number of hydrogen-bond acceptors (Lipinski definition) is 5. The first-order valence-electron chi connectivity index (χ1n) is 14.4. The number of nitrogens with zero attached hydrogens (tertiary/aromatic N) is 2. The molecule has 2 aromatic rings. The summed E-state index contributed by atoms with van der Waals surface area (Å²) in [7, 11) is 0. The minimum absolute atomic E-state index is 0.00491. The van der Waals surface area contributed by atoms with Crippen LogP contribution in [0.4, 0.5) is 13.2 Å². The molecule has 0 unspecified atom stereocenters. The third kappa shape index (κ3) is 7.33. The summed E-state index contributed by atoms with van der Waals surface area (Å²) in [5, 5.41) is 0. The molecule has 0 radical (unpaired) electrons. The number of ether oxygens (including phenoxy) is 3. The lowest BCUT2D eigenvalue weighted by molar-refractivity contribution is -0.137. The van der Waals surface area contributed by atoms with Crippen LogP contribution in [0.25, 0.3) is 0 Å². The first-order valence-corrected chi connectivity index (χ1v) is 14.4. The molecule has 7 nitrogen and oxygen atoms in total. The second kappa shape index (κ2) is 12.7. The van der Waals surface area contributed by atoms with Crippen molar-refractivity contribution in [1.29, 1.82) is 0 Å². The van der Waals surface area contributed by atoms with Gasteiger partial charge in [-0.25, -0.2) is 0 Å². The first-order chi connectivity index (χ1) is 19.7. The summed E-state index contributed by atoms with van der Waals surface area (Å²) in [6, 6.07) is 12.0. The molecule has 10 heteroatoms. The van der Waals surface area contributed by atoms with E-state index in [1.54, 1.807) is 4.90 Å². The van der Waals surface area contributed by atoms with Gasteiger partial charge in [-0.15, -0.1) is 0 Å². The summed E-state index contributed by atoms with van der Waals surface area (Å²) in [5.74, 6) is 0.422. The molecular weight excluding hydrogens is 537 g/mol. The van der Waals surface area contributed by atoms with Crippen LogP contribution in [0.5, 0.6) is 11.5 Å². The van der Waals surface area contributed by atoms with Gasteiger partial charge >= 0.3 is 6.18 Å². The summed E-state index contributed by atoms with van der Waals surface area (Å²) in [6.45, 7) is 3.11. The molecule has 2 amide bonds. The molecule has 0 aliphatic carbocycles. The predicted molar refractivity (Wildman–Crippen MR) is 146 cm³/mol. The van der Waals surface area contributed by atoms with Crippen LogP contribution in [0.1, 0.15) is 60.9 Å². The number of hydrogen-bond donors (Lipinski definition) is 0. The maximum atomic E-state index is 13.2. The largest absolute Gasteiger partial charge is 0.493 e. The first kappa shape index (κ1) is 29.2. The van der Waals surface area contributed by atoms with Gasteiger partial charge in [-0.2, -0.15) is 13.2 Å². The van der Waals surface area contributed by atoms with Crippen molar-refractivity contribution >= 4 is 11.8 Å². The van der Waals surface area contributed by atoms with Crippen molar-refractivity contribution < 1.29 is 37.0 Å². The van der Waals surface area contributed by atoms with Crippen LogP contribution >= 0.6 is 0 Å². The average Bonchev–Trinajstić information content (AvgIpc) is 3.44. The molecule has 3 aliphatic rings. The number of benzene rings is 2. The van der Waals surface area contributed by atoms with Gasteiger partial charge in [-0.1, -0.05) is 18.6 Å². The Morgan fingerprint density at radius 3 is 2.61 bits per heavy atom. The van der Waals surface area contributed by atoms with Gasteiger partial charge in [0.1, 0.15) is 11.5 Å². The van der Waals surface area contributed by atoms with Gasteiger partial charge in [0, 0.05) is 37.2 Å². The van der Waals surface area contributed by atoms with Crippen LogP contribution < -0.4 is 9.47 Å². The lowest BCUT2D eigenvalue weighted by Crippen LogP contribution is -2.47. The van der Waals surface area contributed by atoms with Gasteiger partial charge in [-0.05, 0) is 74.9 Å². The van der Waals surface area contributed by atoms with Gasteiger partial charge in [0.15, 0.2) is 6.61 Å². The van der Waals surface area contributed by atoms with E-state index in [0.29, 0.717) is 44.2 Å². The Morgan fingerprint density at radius 2 is 1.80 bits per heavy atom. The Kier molecular flexibility index (Phi) is 9.06. The molecule has 0 saturated carbocycles. The quantitative estimate of drug-likeness (QED) is 0.479. The summed E-state index contributed by atoms with van der Waals surface area (Å²) in [4.78, 5) is 29.7. The molecule has 1 atom stereocenters. The number of fused-ring (bicyclic) bond motifs is 3. The molecule has 2 fully saturated rings. The summed E-state index contributed by atoms with van der Waals surface area (Å²) in [5.41, 5.74) is -0.342. The number of halogens is 3. The highest BCUT2D eigenvalue weighted by atomic mass is 19.4. The summed E-state index contributed by atoms with van der Waals surface area (Å²) >= 11 is 0. The van der Waals surface area contributed by atoms with Crippen LogP contribution in [0.15, 0.2) is 48.5 Å². The van der Waals surface area contributed by atoms with Crippen molar-refractivity contribution in [2.24, 2.45) is 5.41 Å². The zero-order chi connectivity index (χ0) is 28.9. The Labute approximate surface area is 238 Å². The van der Waals surface area contributed by atoms with E-state index in [9.17, 15) is 22.8 Å². The second-order valence-corrected chi connectivity index (χ2v) is 11.3. The van der Waals surface area contributed by atoms with Crippen molar-refractivity contribution in [3.05, 3.63) is 59.7 Å². The van der Waals surface area contributed by atoms with E-state index >= 15 is 0 Å². The monoisotopic (exact) mass is 574 g/mol. The standard InChI is InChI=1S/C31H37F3N2O5/c32-31(33,34)24-7-4-10-27(19-24)40-21-28(37)35-15-12-30(13-16-35)11-1-2-17-39-20-25-8-5-14-36(25)29(38)23-6-3-9-26(18-23)41-22-30/h3-4,6-7,9-10,18-19,25H,1-2,5,8,11-17,20-22H2/t25-/m0/s1. The van der Waals surface area contributed by atoms with E-state index in [0.717, 1.165) is 63.6 Å².